The number of anilines is 1. The highest BCUT2D eigenvalue weighted by Gasteiger charge is 2.69. The average molecular weight is 247 g/mol. The fraction of sp³-hybridized carbons (Fsp3) is 0.385. The highest BCUT2D eigenvalue weighted by atomic mass is 16.5. The predicted octanol–water partition coefficient (Wildman–Crippen LogP) is 1.01. The molecule has 2 unspecified atom stereocenters. The van der Waals surface area contributed by atoms with Crippen LogP contribution in [0.3, 0.4) is 0 Å². The van der Waals surface area contributed by atoms with Crippen molar-refractivity contribution in [1.29, 1.82) is 0 Å². The number of amides is 1. The third-order valence-electron chi connectivity index (χ3n) is 4.02. The summed E-state index contributed by atoms with van der Waals surface area (Å²) in [6, 6.07) is 5.21. The van der Waals surface area contributed by atoms with Crippen molar-refractivity contribution < 1.29 is 19.4 Å². The van der Waals surface area contributed by atoms with Gasteiger partial charge in [0.05, 0.1) is 13.0 Å². The van der Waals surface area contributed by atoms with Crippen LogP contribution in [0.1, 0.15) is 12.0 Å². The number of ether oxygens (including phenoxy) is 1. The van der Waals surface area contributed by atoms with Crippen LogP contribution in [0, 0.1) is 5.92 Å². The molecule has 2 atom stereocenters. The average Bonchev–Trinajstić information content (AvgIpc) is 3.12. The van der Waals surface area contributed by atoms with Crippen molar-refractivity contribution in [2.75, 3.05) is 19.1 Å². The van der Waals surface area contributed by atoms with E-state index in [1.807, 2.05) is 0 Å². The molecule has 1 N–H and O–H groups in total. The van der Waals surface area contributed by atoms with Crippen molar-refractivity contribution in [3.63, 3.8) is 0 Å². The van der Waals surface area contributed by atoms with Crippen LogP contribution in [0.5, 0.6) is 5.75 Å². The third-order valence-corrected chi connectivity index (χ3v) is 4.02. The van der Waals surface area contributed by atoms with Gasteiger partial charge in [0.15, 0.2) is 0 Å². The monoisotopic (exact) mass is 247 g/mol. The number of fused-ring (bicyclic) bond motifs is 3. The van der Waals surface area contributed by atoms with Crippen LogP contribution in [0.25, 0.3) is 0 Å². The maximum atomic E-state index is 12.0. The number of nitrogens with zero attached hydrogens (tertiary/aromatic N) is 1. The maximum Gasteiger partial charge on any atom is 0.315 e. The molecule has 1 saturated carbocycles. The number of rotatable bonds is 2. The van der Waals surface area contributed by atoms with Crippen LogP contribution < -0.4 is 9.64 Å². The summed E-state index contributed by atoms with van der Waals surface area (Å²) < 4.78 is 5.14. The first-order valence-electron chi connectivity index (χ1n) is 5.72. The summed E-state index contributed by atoms with van der Waals surface area (Å²) in [5.41, 5.74) is 0.311. The van der Waals surface area contributed by atoms with Gasteiger partial charge in [0.25, 0.3) is 0 Å². The molecule has 1 aliphatic carbocycles. The Kier molecular flexibility index (Phi) is 2.00. The molecule has 0 aromatic heterocycles. The summed E-state index contributed by atoms with van der Waals surface area (Å²) in [5, 5.41) is 9.44. The molecule has 0 spiro atoms. The summed E-state index contributed by atoms with van der Waals surface area (Å²) >= 11 is 0. The van der Waals surface area contributed by atoms with Crippen LogP contribution in [0.15, 0.2) is 18.2 Å². The lowest BCUT2D eigenvalue weighted by Gasteiger charge is -2.29. The van der Waals surface area contributed by atoms with Crippen molar-refractivity contribution in [3.05, 3.63) is 23.8 Å². The molecule has 1 amide bonds. The van der Waals surface area contributed by atoms with Gasteiger partial charge < -0.3 is 14.7 Å². The number of carboxylic acids is 1. The standard InChI is InChI=1S/C13H13NO4/c1-14-10-4-3-7(18-2)5-8(10)13(12(16)17)6-9(13)11(14)15/h3-5,9H,6H2,1-2H3,(H,16,17). The largest absolute Gasteiger partial charge is 0.497 e. The Morgan fingerprint density at radius 1 is 1.56 bits per heavy atom. The van der Waals surface area contributed by atoms with E-state index in [9.17, 15) is 14.7 Å². The number of carboxylic acid groups (broad SMARTS) is 1. The fourth-order valence-electron chi connectivity index (χ4n) is 2.85. The van der Waals surface area contributed by atoms with E-state index >= 15 is 0 Å². The second-order valence-corrected chi connectivity index (χ2v) is 4.81. The van der Waals surface area contributed by atoms with Gasteiger partial charge in [-0.05, 0) is 30.2 Å². The minimum Gasteiger partial charge on any atom is -0.497 e. The first kappa shape index (κ1) is 11.1. The molecule has 1 aromatic rings. The maximum absolute atomic E-state index is 12.0. The van der Waals surface area contributed by atoms with Gasteiger partial charge in [0, 0.05) is 12.7 Å². The van der Waals surface area contributed by atoms with Gasteiger partial charge in [-0.2, -0.15) is 0 Å². The van der Waals surface area contributed by atoms with E-state index in [1.165, 1.54) is 12.0 Å². The molecule has 1 heterocycles. The summed E-state index contributed by atoms with van der Waals surface area (Å²) in [6.07, 6.45) is 0.381. The number of hydrogen-bond acceptors (Lipinski definition) is 3. The molecule has 0 bridgehead atoms. The van der Waals surface area contributed by atoms with E-state index in [2.05, 4.69) is 0 Å². The Morgan fingerprint density at radius 3 is 2.89 bits per heavy atom. The summed E-state index contributed by atoms with van der Waals surface area (Å²) in [6.45, 7) is 0. The van der Waals surface area contributed by atoms with Gasteiger partial charge in [-0.15, -0.1) is 0 Å². The third kappa shape index (κ3) is 1.11. The Morgan fingerprint density at radius 2 is 2.28 bits per heavy atom. The van der Waals surface area contributed by atoms with Crippen LogP contribution in [0.4, 0.5) is 5.69 Å². The Bertz CT molecular complexity index is 568. The van der Waals surface area contributed by atoms with Crippen LogP contribution in [-0.4, -0.2) is 31.1 Å². The molecule has 3 rings (SSSR count). The number of benzene rings is 1. The summed E-state index contributed by atoms with van der Waals surface area (Å²) in [7, 11) is 3.22. The highest BCUT2D eigenvalue weighted by molar-refractivity contribution is 6.09. The van der Waals surface area contributed by atoms with E-state index in [0.29, 0.717) is 23.4 Å². The van der Waals surface area contributed by atoms with Crippen LogP contribution >= 0.6 is 0 Å². The first-order valence-corrected chi connectivity index (χ1v) is 5.72. The van der Waals surface area contributed by atoms with Gasteiger partial charge in [-0.25, -0.2) is 0 Å². The smallest absolute Gasteiger partial charge is 0.315 e. The van der Waals surface area contributed by atoms with Crippen molar-refractivity contribution in [2.45, 2.75) is 11.8 Å². The van der Waals surface area contributed by atoms with Gasteiger partial charge in [0.1, 0.15) is 11.2 Å². The van der Waals surface area contributed by atoms with Crippen LogP contribution in [-0.2, 0) is 15.0 Å². The minimum atomic E-state index is -1.03. The second-order valence-electron chi connectivity index (χ2n) is 4.81. The Balaban J connectivity index is 2.23. The van der Waals surface area contributed by atoms with Crippen molar-refractivity contribution in [3.8, 4) is 5.75 Å². The number of hydrogen-bond donors (Lipinski definition) is 1. The lowest BCUT2D eigenvalue weighted by Crippen LogP contribution is -2.39. The molecule has 94 valence electrons. The molecule has 18 heavy (non-hydrogen) atoms. The Labute approximate surface area is 104 Å². The van der Waals surface area contributed by atoms with Crippen molar-refractivity contribution >= 4 is 17.6 Å². The molecule has 1 fully saturated rings. The van der Waals surface area contributed by atoms with E-state index in [4.69, 9.17) is 4.74 Å². The van der Waals surface area contributed by atoms with Gasteiger partial charge in [-0.1, -0.05) is 0 Å². The lowest BCUT2D eigenvalue weighted by atomic mass is 9.88. The zero-order valence-corrected chi connectivity index (χ0v) is 10.1. The van der Waals surface area contributed by atoms with Crippen molar-refractivity contribution in [2.24, 2.45) is 5.92 Å². The molecule has 0 saturated heterocycles. The number of carbonyl (C=O) groups is 2. The molecule has 1 aromatic carbocycles. The zero-order chi connectivity index (χ0) is 13.1. The predicted molar refractivity (Wildman–Crippen MR) is 63.8 cm³/mol. The minimum absolute atomic E-state index is 0.116. The van der Waals surface area contributed by atoms with Crippen LogP contribution in [0.2, 0.25) is 0 Å². The molecular weight excluding hydrogens is 234 g/mol. The number of carbonyl (C=O) groups excluding carboxylic acids is 1. The summed E-state index contributed by atoms with van der Waals surface area (Å²) in [5.74, 6) is -0.860. The lowest BCUT2D eigenvalue weighted by molar-refractivity contribution is -0.141. The van der Waals surface area contributed by atoms with E-state index in [1.54, 1.807) is 25.2 Å². The number of aliphatic carboxylic acids is 1. The SMILES string of the molecule is COc1ccc2c(c1)C1(C(=O)O)CC1C(=O)N2C. The van der Waals surface area contributed by atoms with Gasteiger partial charge in [-0.3, -0.25) is 9.59 Å². The normalized spacial score (nSPS) is 28.4. The summed E-state index contributed by atoms with van der Waals surface area (Å²) in [4.78, 5) is 25.1. The fourth-order valence-corrected chi connectivity index (χ4v) is 2.85. The van der Waals surface area contributed by atoms with Gasteiger partial charge >= 0.3 is 5.97 Å². The van der Waals surface area contributed by atoms with Crippen molar-refractivity contribution in [1.82, 2.24) is 0 Å². The molecule has 1 aliphatic heterocycles. The molecule has 5 heteroatoms. The first-order chi connectivity index (χ1) is 8.52. The molecule has 0 radical (unpaired) electrons. The second kappa shape index (κ2) is 3.25. The number of methoxy groups -OCH3 is 1. The van der Waals surface area contributed by atoms with E-state index in [0.717, 1.165) is 0 Å². The van der Waals surface area contributed by atoms with Gasteiger partial charge in [0.2, 0.25) is 5.91 Å². The quantitative estimate of drug-likeness (QED) is 0.847. The van der Waals surface area contributed by atoms with E-state index in [-0.39, 0.29) is 5.91 Å². The zero-order valence-electron chi connectivity index (χ0n) is 10.1. The molecule has 2 aliphatic rings. The molecule has 5 nitrogen and oxygen atoms in total. The van der Waals surface area contributed by atoms with E-state index < -0.39 is 17.3 Å². The topological polar surface area (TPSA) is 66.8 Å². The molecular formula is C13H13NO4. The highest BCUT2D eigenvalue weighted by Crippen LogP contribution is 2.61. The Hall–Kier alpha value is -2.04.